The fourth-order valence-electron chi connectivity index (χ4n) is 3.39. The average Bonchev–Trinajstić information content (AvgIpc) is 3.32. The first-order valence-electron chi connectivity index (χ1n) is 9.40. The largest absolute Gasteiger partial charge is 0.341 e. The molecular weight excluding hydrogens is 410 g/mol. The highest BCUT2D eigenvalue weighted by Crippen LogP contribution is 2.28. The summed E-state index contributed by atoms with van der Waals surface area (Å²) in [5.41, 5.74) is 2.13. The van der Waals surface area contributed by atoms with Gasteiger partial charge in [0.2, 0.25) is 5.91 Å². The topological polar surface area (TPSA) is 36.4 Å². The Hall–Kier alpha value is -1.73. The highest BCUT2D eigenvalue weighted by molar-refractivity contribution is 7.20. The number of thiazole rings is 1. The van der Waals surface area contributed by atoms with Crippen LogP contribution in [0, 0.1) is 0 Å². The van der Waals surface area contributed by atoms with Crippen LogP contribution in [0.25, 0.3) is 9.88 Å². The van der Waals surface area contributed by atoms with E-state index in [4.69, 9.17) is 11.6 Å². The van der Waals surface area contributed by atoms with E-state index in [0.717, 1.165) is 59.7 Å². The first-order chi connectivity index (χ1) is 13.7. The molecular formula is C21H22ClN3OS2. The van der Waals surface area contributed by atoms with Gasteiger partial charge in [-0.1, -0.05) is 29.8 Å². The summed E-state index contributed by atoms with van der Waals surface area (Å²) in [5.74, 6) is 0.177. The molecule has 3 aromatic rings. The summed E-state index contributed by atoms with van der Waals surface area (Å²) in [6.45, 7) is 4.39. The van der Waals surface area contributed by atoms with Gasteiger partial charge in [-0.25, -0.2) is 4.98 Å². The Morgan fingerprint density at radius 1 is 1.07 bits per heavy atom. The van der Waals surface area contributed by atoms with Crippen LogP contribution < -0.4 is 0 Å². The Bertz CT molecular complexity index is 908. The molecule has 0 N–H and O–H groups in total. The molecule has 3 heterocycles. The zero-order valence-electron chi connectivity index (χ0n) is 15.5. The predicted octanol–water partition coefficient (Wildman–Crippen LogP) is 4.80. The Balaban J connectivity index is 1.31. The highest BCUT2D eigenvalue weighted by Gasteiger charge is 2.20. The summed E-state index contributed by atoms with van der Waals surface area (Å²) in [5, 5.41) is 5.83. The number of benzene rings is 1. The fourth-order valence-corrected chi connectivity index (χ4v) is 5.15. The summed E-state index contributed by atoms with van der Waals surface area (Å²) in [7, 11) is 0. The number of amides is 1. The van der Waals surface area contributed by atoms with Crippen molar-refractivity contribution in [1.29, 1.82) is 0 Å². The van der Waals surface area contributed by atoms with Crippen LogP contribution in [0.4, 0.5) is 0 Å². The van der Waals surface area contributed by atoms with E-state index >= 15 is 0 Å². The van der Waals surface area contributed by atoms with Crippen molar-refractivity contribution >= 4 is 40.2 Å². The molecule has 1 amide bonds. The van der Waals surface area contributed by atoms with Crippen LogP contribution in [0.1, 0.15) is 17.7 Å². The molecule has 4 nitrogen and oxygen atoms in total. The maximum absolute atomic E-state index is 12.8. The van der Waals surface area contributed by atoms with Gasteiger partial charge in [-0.3, -0.25) is 9.69 Å². The monoisotopic (exact) mass is 431 g/mol. The lowest BCUT2D eigenvalue weighted by Gasteiger charge is -2.22. The lowest BCUT2D eigenvalue weighted by molar-refractivity contribution is -0.130. The number of hydrogen-bond acceptors (Lipinski definition) is 5. The van der Waals surface area contributed by atoms with Crippen LogP contribution in [0.5, 0.6) is 0 Å². The summed E-state index contributed by atoms with van der Waals surface area (Å²) in [6.07, 6.45) is 1.38. The Morgan fingerprint density at radius 2 is 1.93 bits per heavy atom. The van der Waals surface area contributed by atoms with E-state index in [2.05, 4.69) is 33.5 Å². The highest BCUT2D eigenvalue weighted by atomic mass is 35.5. The van der Waals surface area contributed by atoms with E-state index in [1.165, 1.54) is 5.56 Å². The third kappa shape index (κ3) is 5.00. The minimum Gasteiger partial charge on any atom is -0.341 e. The van der Waals surface area contributed by atoms with Gasteiger partial charge in [-0.2, -0.15) is 0 Å². The second-order valence-electron chi connectivity index (χ2n) is 6.94. The molecule has 4 rings (SSSR count). The van der Waals surface area contributed by atoms with Gasteiger partial charge in [0.05, 0.1) is 17.0 Å². The number of aromatic nitrogens is 1. The molecule has 146 valence electrons. The molecule has 1 saturated heterocycles. The lowest BCUT2D eigenvalue weighted by Crippen LogP contribution is -2.36. The number of rotatable bonds is 5. The molecule has 0 radical (unpaired) electrons. The van der Waals surface area contributed by atoms with E-state index in [1.807, 2.05) is 28.5 Å². The van der Waals surface area contributed by atoms with Crippen molar-refractivity contribution < 1.29 is 4.79 Å². The Morgan fingerprint density at radius 3 is 2.71 bits per heavy atom. The van der Waals surface area contributed by atoms with Gasteiger partial charge in [0, 0.05) is 43.1 Å². The van der Waals surface area contributed by atoms with Crippen molar-refractivity contribution in [3.05, 3.63) is 63.4 Å². The number of nitrogens with zero attached hydrogens (tertiary/aromatic N) is 3. The van der Waals surface area contributed by atoms with Gasteiger partial charge in [0.25, 0.3) is 0 Å². The number of carbonyl (C=O) groups excluding carboxylic acids is 1. The first-order valence-corrected chi connectivity index (χ1v) is 11.5. The second kappa shape index (κ2) is 9.18. The molecule has 0 saturated carbocycles. The van der Waals surface area contributed by atoms with Crippen molar-refractivity contribution in [3.8, 4) is 9.88 Å². The van der Waals surface area contributed by atoms with Crippen molar-refractivity contribution in [3.63, 3.8) is 0 Å². The van der Waals surface area contributed by atoms with Gasteiger partial charge in [0.15, 0.2) is 0 Å². The molecule has 0 spiro atoms. The smallest absolute Gasteiger partial charge is 0.228 e. The van der Waals surface area contributed by atoms with Crippen molar-refractivity contribution in [2.24, 2.45) is 0 Å². The van der Waals surface area contributed by atoms with E-state index in [9.17, 15) is 4.79 Å². The van der Waals surface area contributed by atoms with E-state index < -0.39 is 0 Å². The molecule has 0 atom stereocenters. The van der Waals surface area contributed by atoms with Crippen LogP contribution in [0.3, 0.4) is 0 Å². The molecule has 7 heteroatoms. The van der Waals surface area contributed by atoms with Gasteiger partial charge in [-0.15, -0.1) is 22.7 Å². The Labute approximate surface area is 178 Å². The average molecular weight is 432 g/mol. The summed E-state index contributed by atoms with van der Waals surface area (Å²) < 4.78 is 0. The van der Waals surface area contributed by atoms with Crippen molar-refractivity contribution in [2.75, 3.05) is 26.2 Å². The lowest BCUT2D eigenvalue weighted by atomic mass is 10.2. The van der Waals surface area contributed by atoms with Gasteiger partial charge < -0.3 is 4.90 Å². The summed E-state index contributed by atoms with van der Waals surface area (Å²) in [6, 6.07) is 12.1. The standard InChI is InChI=1S/C21H22ClN3OS2/c22-17-6-4-16(5-7-17)14-24-8-2-9-25(11-10-24)20(26)13-18-15-28-21(23-18)19-3-1-12-27-19/h1,3-7,12,15H,2,8-11,13-14H2. The molecule has 1 fully saturated rings. The van der Waals surface area contributed by atoms with Crippen molar-refractivity contribution in [2.45, 2.75) is 19.4 Å². The predicted molar refractivity (Wildman–Crippen MR) is 117 cm³/mol. The maximum Gasteiger partial charge on any atom is 0.228 e. The zero-order valence-corrected chi connectivity index (χ0v) is 17.9. The molecule has 0 aliphatic carbocycles. The van der Waals surface area contributed by atoms with Crippen LogP contribution >= 0.6 is 34.3 Å². The zero-order chi connectivity index (χ0) is 19.3. The number of thiophene rings is 1. The minimum atomic E-state index is 0.177. The van der Waals surface area contributed by atoms with Crippen LogP contribution in [0.2, 0.25) is 5.02 Å². The van der Waals surface area contributed by atoms with Crippen LogP contribution in [-0.4, -0.2) is 46.9 Å². The van der Waals surface area contributed by atoms with Crippen LogP contribution in [0.15, 0.2) is 47.2 Å². The Kier molecular flexibility index (Phi) is 6.42. The molecule has 0 unspecified atom stereocenters. The molecule has 28 heavy (non-hydrogen) atoms. The van der Waals surface area contributed by atoms with E-state index in [1.54, 1.807) is 22.7 Å². The molecule has 1 aliphatic heterocycles. The first kappa shape index (κ1) is 19.6. The maximum atomic E-state index is 12.8. The second-order valence-corrected chi connectivity index (χ2v) is 9.18. The molecule has 1 aliphatic rings. The minimum absolute atomic E-state index is 0.177. The SMILES string of the molecule is O=C(Cc1csc(-c2cccs2)n1)N1CCCN(Cc2ccc(Cl)cc2)CC1. The van der Waals surface area contributed by atoms with Gasteiger partial charge in [0.1, 0.15) is 5.01 Å². The third-order valence-corrected chi connectivity index (χ3v) is 7.06. The quantitative estimate of drug-likeness (QED) is 0.582. The summed E-state index contributed by atoms with van der Waals surface area (Å²) in [4.78, 5) is 23.0. The molecule has 0 bridgehead atoms. The van der Waals surface area contributed by atoms with Crippen molar-refractivity contribution in [1.82, 2.24) is 14.8 Å². The van der Waals surface area contributed by atoms with E-state index in [0.29, 0.717) is 6.42 Å². The molecule has 1 aromatic carbocycles. The number of carbonyl (C=O) groups is 1. The van der Waals surface area contributed by atoms with Gasteiger partial charge >= 0.3 is 0 Å². The number of halogens is 1. The van der Waals surface area contributed by atoms with Crippen LogP contribution in [-0.2, 0) is 17.8 Å². The summed E-state index contributed by atoms with van der Waals surface area (Å²) >= 11 is 9.26. The van der Waals surface area contributed by atoms with Gasteiger partial charge in [-0.05, 0) is 35.6 Å². The normalized spacial score (nSPS) is 15.5. The number of hydrogen-bond donors (Lipinski definition) is 0. The molecule has 2 aromatic heterocycles. The van der Waals surface area contributed by atoms with E-state index in [-0.39, 0.29) is 5.91 Å². The third-order valence-electron chi connectivity index (χ3n) is 4.88. The fraction of sp³-hybridized carbons (Fsp3) is 0.333.